The van der Waals surface area contributed by atoms with E-state index in [4.69, 9.17) is 19.9 Å². The zero-order chi connectivity index (χ0) is 22.9. The third-order valence-electron chi connectivity index (χ3n) is 5.02. The minimum Gasteiger partial charge on any atom is -0.463 e. The standard InChI is InChI=1S/C19H27FN6O5/c1-6-11(27)31-13-10(7-29-16(28)9(2)3)30-17(19(13,4)20)26-8-23-12-14(22-5)24-18(21)25-15(12)26/h8-10,13,17H,6-7H2,1-5H3,(H3,21,22,24,25)/t10-,13-,17-,19-/m1/s1. The Morgan fingerprint density at radius 1 is 1.42 bits per heavy atom. The highest BCUT2D eigenvalue weighted by atomic mass is 19.1. The number of halogens is 1. The number of ether oxygens (including phenoxy) is 3. The van der Waals surface area contributed by atoms with E-state index in [9.17, 15) is 9.59 Å². The van der Waals surface area contributed by atoms with Crippen molar-refractivity contribution in [1.29, 1.82) is 0 Å². The number of esters is 2. The molecule has 3 rings (SSSR count). The third-order valence-corrected chi connectivity index (χ3v) is 5.02. The van der Waals surface area contributed by atoms with Crippen LogP contribution < -0.4 is 11.1 Å². The molecular formula is C19H27FN6O5. The Labute approximate surface area is 178 Å². The number of nitrogen functional groups attached to an aromatic ring is 1. The summed E-state index contributed by atoms with van der Waals surface area (Å²) >= 11 is 0. The summed E-state index contributed by atoms with van der Waals surface area (Å²) in [6.07, 6.45) is -2.21. The zero-order valence-electron chi connectivity index (χ0n) is 18.1. The van der Waals surface area contributed by atoms with Crippen LogP contribution >= 0.6 is 0 Å². The van der Waals surface area contributed by atoms with Crippen molar-refractivity contribution in [3.8, 4) is 0 Å². The topological polar surface area (TPSA) is 143 Å². The van der Waals surface area contributed by atoms with Gasteiger partial charge in [-0.05, 0) is 6.92 Å². The second kappa shape index (κ2) is 8.61. The van der Waals surface area contributed by atoms with Gasteiger partial charge in [-0.15, -0.1) is 0 Å². The molecule has 0 unspecified atom stereocenters. The van der Waals surface area contributed by atoms with Crippen LogP contribution in [-0.2, 0) is 23.8 Å². The molecule has 3 heterocycles. The van der Waals surface area contributed by atoms with Crippen molar-refractivity contribution in [3.63, 3.8) is 0 Å². The highest BCUT2D eigenvalue weighted by Gasteiger charge is 2.58. The molecule has 0 aliphatic carbocycles. The molecule has 4 atom stereocenters. The lowest BCUT2D eigenvalue weighted by Crippen LogP contribution is -2.44. The van der Waals surface area contributed by atoms with Crippen LogP contribution in [0.2, 0.25) is 0 Å². The molecule has 3 N–H and O–H groups in total. The van der Waals surface area contributed by atoms with E-state index >= 15 is 4.39 Å². The van der Waals surface area contributed by atoms with Crippen molar-refractivity contribution >= 4 is 34.9 Å². The smallest absolute Gasteiger partial charge is 0.308 e. The lowest BCUT2D eigenvalue weighted by molar-refractivity contribution is -0.162. The van der Waals surface area contributed by atoms with Gasteiger partial charge < -0.3 is 25.3 Å². The minimum absolute atomic E-state index is 0.0338. The first kappa shape index (κ1) is 22.7. The number of hydrogen-bond acceptors (Lipinski definition) is 10. The van der Waals surface area contributed by atoms with Crippen LogP contribution in [0.5, 0.6) is 0 Å². The highest BCUT2D eigenvalue weighted by molar-refractivity contribution is 5.84. The number of nitrogens with two attached hydrogens (primary N) is 1. The Morgan fingerprint density at radius 2 is 2.13 bits per heavy atom. The fourth-order valence-corrected chi connectivity index (χ4v) is 3.36. The predicted octanol–water partition coefficient (Wildman–Crippen LogP) is 1.60. The third kappa shape index (κ3) is 4.24. The number of nitrogens with zero attached hydrogens (tertiary/aromatic N) is 4. The van der Waals surface area contributed by atoms with E-state index in [1.54, 1.807) is 27.8 Å². The summed E-state index contributed by atoms with van der Waals surface area (Å²) in [6, 6.07) is 0. The normalized spacial score (nSPS) is 25.7. The fraction of sp³-hybridized carbons (Fsp3) is 0.632. The molecule has 11 nitrogen and oxygen atoms in total. The van der Waals surface area contributed by atoms with Gasteiger partial charge in [0.2, 0.25) is 5.95 Å². The Morgan fingerprint density at radius 3 is 2.74 bits per heavy atom. The van der Waals surface area contributed by atoms with Crippen molar-refractivity contribution in [2.75, 3.05) is 24.7 Å². The molecule has 0 radical (unpaired) electrons. The van der Waals surface area contributed by atoms with E-state index in [1.165, 1.54) is 17.8 Å². The van der Waals surface area contributed by atoms with Gasteiger partial charge in [0, 0.05) is 13.5 Å². The number of carbonyl (C=O) groups is 2. The number of fused-ring (bicyclic) bond motifs is 1. The Balaban J connectivity index is 1.99. The number of aromatic nitrogens is 4. The van der Waals surface area contributed by atoms with Crippen LogP contribution in [0, 0.1) is 5.92 Å². The summed E-state index contributed by atoms with van der Waals surface area (Å²) in [6.45, 7) is 5.93. The molecule has 12 heteroatoms. The summed E-state index contributed by atoms with van der Waals surface area (Å²) in [7, 11) is 1.64. The van der Waals surface area contributed by atoms with Crippen molar-refractivity contribution < 1.29 is 28.2 Å². The predicted molar refractivity (Wildman–Crippen MR) is 109 cm³/mol. The van der Waals surface area contributed by atoms with E-state index in [-0.39, 0.29) is 30.5 Å². The van der Waals surface area contributed by atoms with Gasteiger partial charge in [0.1, 0.15) is 12.7 Å². The Bertz CT molecular complexity index is 978. The van der Waals surface area contributed by atoms with Gasteiger partial charge in [0.15, 0.2) is 35.0 Å². The zero-order valence-corrected chi connectivity index (χ0v) is 18.1. The van der Waals surface area contributed by atoms with Gasteiger partial charge in [-0.1, -0.05) is 20.8 Å². The Kier molecular flexibility index (Phi) is 6.30. The molecule has 2 aromatic heterocycles. The summed E-state index contributed by atoms with van der Waals surface area (Å²) in [5.74, 6) is -1.11. The fourth-order valence-electron chi connectivity index (χ4n) is 3.36. The first-order valence-electron chi connectivity index (χ1n) is 9.98. The van der Waals surface area contributed by atoms with E-state index in [2.05, 4.69) is 20.3 Å². The van der Waals surface area contributed by atoms with Gasteiger partial charge in [0.25, 0.3) is 0 Å². The quantitative estimate of drug-likeness (QED) is 0.612. The number of nitrogens with one attached hydrogen (secondary N) is 1. The number of hydrogen-bond donors (Lipinski definition) is 2. The number of carbonyl (C=O) groups excluding carboxylic acids is 2. The summed E-state index contributed by atoms with van der Waals surface area (Å²) in [4.78, 5) is 36.3. The van der Waals surface area contributed by atoms with Crippen LogP contribution in [0.1, 0.15) is 40.3 Å². The largest absolute Gasteiger partial charge is 0.463 e. The number of rotatable bonds is 7. The number of imidazole rings is 1. The molecule has 0 spiro atoms. The molecule has 170 valence electrons. The van der Waals surface area contributed by atoms with Crippen molar-refractivity contribution in [3.05, 3.63) is 6.33 Å². The Hall–Kier alpha value is -3.02. The molecule has 0 saturated carbocycles. The first-order chi connectivity index (χ1) is 14.6. The van der Waals surface area contributed by atoms with Gasteiger partial charge in [-0.25, -0.2) is 9.37 Å². The number of alkyl halides is 1. The van der Waals surface area contributed by atoms with E-state index in [0.29, 0.717) is 11.3 Å². The van der Waals surface area contributed by atoms with E-state index in [1.807, 2.05) is 0 Å². The first-order valence-corrected chi connectivity index (χ1v) is 9.98. The molecule has 31 heavy (non-hydrogen) atoms. The molecular weight excluding hydrogens is 411 g/mol. The summed E-state index contributed by atoms with van der Waals surface area (Å²) in [5, 5.41) is 2.86. The molecule has 0 aromatic carbocycles. The second-order valence-corrected chi connectivity index (χ2v) is 7.73. The highest BCUT2D eigenvalue weighted by Crippen LogP contribution is 2.44. The maximum Gasteiger partial charge on any atom is 0.308 e. The monoisotopic (exact) mass is 438 g/mol. The average molecular weight is 438 g/mol. The molecule has 1 saturated heterocycles. The van der Waals surface area contributed by atoms with Crippen LogP contribution in [-0.4, -0.2) is 63.0 Å². The van der Waals surface area contributed by atoms with E-state index in [0.717, 1.165) is 0 Å². The van der Waals surface area contributed by atoms with E-state index < -0.39 is 36.0 Å². The van der Waals surface area contributed by atoms with Gasteiger partial charge >= 0.3 is 11.9 Å². The number of anilines is 2. The van der Waals surface area contributed by atoms with Crippen LogP contribution in [0.3, 0.4) is 0 Å². The molecule has 0 amide bonds. The lowest BCUT2D eigenvalue weighted by atomic mass is 9.98. The minimum atomic E-state index is -2.19. The maximum atomic E-state index is 16.1. The summed E-state index contributed by atoms with van der Waals surface area (Å²) in [5.41, 5.74) is 4.20. The average Bonchev–Trinajstić information content (AvgIpc) is 3.23. The lowest BCUT2D eigenvalue weighted by Gasteiger charge is -2.27. The molecule has 0 bridgehead atoms. The van der Waals surface area contributed by atoms with Crippen LogP contribution in [0.4, 0.5) is 16.2 Å². The van der Waals surface area contributed by atoms with Crippen LogP contribution in [0.15, 0.2) is 6.33 Å². The van der Waals surface area contributed by atoms with Crippen molar-refractivity contribution in [2.45, 2.75) is 58.2 Å². The maximum absolute atomic E-state index is 16.1. The van der Waals surface area contributed by atoms with Gasteiger partial charge in [-0.3, -0.25) is 14.2 Å². The van der Waals surface area contributed by atoms with Gasteiger partial charge in [0.05, 0.1) is 12.2 Å². The van der Waals surface area contributed by atoms with Crippen LogP contribution in [0.25, 0.3) is 11.2 Å². The van der Waals surface area contributed by atoms with Gasteiger partial charge in [-0.2, -0.15) is 9.97 Å². The summed E-state index contributed by atoms with van der Waals surface area (Å²) < 4.78 is 33.9. The SMILES string of the molecule is CCC(=O)O[C@@H]1[C@@H](COC(=O)C(C)C)O[C@@H](n2cnc3c(NC)nc(N)nc32)[C@]1(C)F. The molecule has 2 aromatic rings. The second-order valence-electron chi connectivity index (χ2n) is 7.73. The van der Waals surface area contributed by atoms with Crippen molar-refractivity contribution in [2.24, 2.45) is 5.92 Å². The molecule has 1 fully saturated rings. The molecule has 1 aliphatic heterocycles. The van der Waals surface area contributed by atoms with Crippen molar-refractivity contribution in [1.82, 2.24) is 19.5 Å². The molecule has 1 aliphatic rings.